The third kappa shape index (κ3) is 2.20. The summed E-state index contributed by atoms with van der Waals surface area (Å²) in [7, 11) is 0. The summed E-state index contributed by atoms with van der Waals surface area (Å²) in [6.45, 7) is 3.58. The predicted molar refractivity (Wildman–Crippen MR) is 65.4 cm³/mol. The molecule has 0 saturated carbocycles. The lowest BCUT2D eigenvalue weighted by Gasteiger charge is -2.31. The van der Waals surface area contributed by atoms with Gasteiger partial charge in [0, 0.05) is 17.2 Å². The molecule has 94 valence electrons. The predicted octanol–water partition coefficient (Wildman–Crippen LogP) is 1.90. The molecule has 0 bridgehead atoms. The molecule has 0 unspecified atom stereocenters. The number of ether oxygens (including phenoxy) is 2. The molecule has 0 aromatic heterocycles. The SMILES string of the molecule is CC1(C)Oc2cc(OC(N)=O)ccc2C=C1C=O. The van der Waals surface area contributed by atoms with Gasteiger partial charge in [-0.05, 0) is 32.1 Å². The van der Waals surface area contributed by atoms with Crippen LogP contribution in [0.4, 0.5) is 4.79 Å². The van der Waals surface area contributed by atoms with E-state index in [4.69, 9.17) is 15.2 Å². The van der Waals surface area contributed by atoms with Gasteiger partial charge in [0.25, 0.3) is 0 Å². The minimum atomic E-state index is -0.880. The third-order valence-corrected chi connectivity index (χ3v) is 2.70. The molecule has 2 rings (SSSR count). The van der Waals surface area contributed by atoms with E-state index in [0.29, 0.717) is 17.1 Å². The van der Waals surface area contributed by atoms with E-state index in [2.05, 4.69) is 0 Å². The Kier molecular flexibility index (Phi) is 2.82. The van der Waals surface area contributed by atoms with Gasteiger partial charge in [-0.3, -0.25) is 4.79 Å². The molecule has 1 aromatic rings. The average molecular weight is 247 g/mol. The number of nitrogens with two attached hydrogens (primary N) is 1. The van der Waals surface area contributed by atoms with E-state index >= 15 is 0 Å². The van der Waals surface area contributed by atoms with Crippen molar-refractivity contribution in [3.8, 4) is 11.5 Å². The lowest BCUT2D eigenvalue weighted by atomic mass is 9.93. The lowest BCUT2D eigenvalue weighted by molar-refractivity contribution is -0.106. The molecule has 5 heteroatoms. The van der Waals surface area contributed by atoms with Crippen LogP contribution in [0.5, 0.6) is 11.5 Å². The molecule has 0 aliphatic carbocycles. The zero-order chi connectivity index (χ0) is 13.3. The number of carbonyl (C=O) groups excluding carboxylic acids is 2. The first-order valence-electron chi connectivity index (χ1n) is 5.40. The van der Waals surface area contributed by atoms with Crippen molar-refractivity contribution >= 4 is 18.5 Å². The van der Waals surface area contributed by atoms with Gasteiger partial charge in [-0.1, -0.05) is 0 Å². The van der Waals surface area contributed by atoms with Gasteiger partial charge in [0.2, 0.25) is 0 Å². The normalized spacial score (nSPS) is 16.0. The van der Waals surface area contributed by atoms with Gasteiger partial charge in [-0.25, -0.2) is 4.79 Å². The van der Waals surface area contributed by atoms with Crippen LogP contribution < -0.4 is 15.2 Å². The van der Waals surface area contributed by atoms with Crippen molar-refractivity contribution in [2.75, 3.05) is 0 Å². The van der Waals surface area contributed by atoms with E-state index in [1.165, 1.54) is 0 Å². The van der Waals surface area contributed by atoms with Crippen LogP contribution in [0, 0.1) is 0 Å². The van der Waals surface area contributed by atoms with Crippen molar-refractivity contribution < 1.29 is 19.1 Å². The second-order valence-corrected chi connectivity index (χ2v) is 4.45. The Morgan fingerprint density at radius 3 is 2.78 bits per heavy atom. The molecule has 0 saturated heterocycles. The quantitative estimate of drug-likeness (QED) is 0.809. The van der Waals surface area contributed by atoms with Crippen LogP contribution in [0.15, 0.2) is 23.8 Å². The first-order valence-corrected chi connectivity index (χ1v) is 5.40. The molecule has 0 spiro atoms. The first-order chi connectivity index (χ1) is 8.42. The Hall–Kier alpha value is -2.30. The van der Waals surface area contributed by atoms with Crippen molar-refractivity contribution in [1.29, 1.82) is 0 Å². The van der Waals surface area contributed by atoms with E-state index in [-0.39, 0.29) is 0 Å². The van der Waals surface area contributed by atoms with Crippen LogP contribution in [0.25, 0.3) is 6.08 Å². The Morgan fingerprint density at radius 1 is 1.44 bits per heavy atom. The fourth-order valence-electron chi connectivity index (χ4n) is 1.75. The minimum Gasteiger partial charge on any atom is -0.482 e. The third-order valence-electron chi connectivity index (χ3n) is 2.70. The van der Waals surface area contributed by atoms with E-state index in [1.807, 2.05) is 0 Å². The molecule has 0 atom stereocenters. The van der Waals surface area contributed by atoms with Crippen molar-refractivity contribution in [1.82, 2.24) is 0 Å². The summed E-state index contributed by atoms with van der Waals surface area (Å²) < 4.78 is 10.5. The average Bonchev–Trinajstić information content (AvgIpc) is 2.26. The van der Waals surface area contributed by atoms with Crippen LogP contribution in [0.2, 0.25) is 0 Å². The summed E-state index contributed by atoms with van der Waals surface area (Å²) in [5, 5.41) is 0. The van der Waals surface area contributed by atoms with Crippen LogP contribution in [-0.2, 0) is 4.79 Å². The highest BCUT2D eigenvalue weighted by Gasteiger charge is 2.30. The van der Waals surface area contributed by atoms with Gasteiger partial charge in [0.15, 0.2) is 0 Å². The smallest absolute Gasteiger partial charge is 0.409 e. The molecule has 1 aliphatic rings. The monoisotopic (exact) mass is 247 g/mol. The molecule has 1 amide bonds. The van der Waals surface area contributed by atoms with Crippen LogP contribution >= 0.6 is 0 Å². The zero-order valence-electron chi connectivity index (χ0n) is 10.1. The Labute approximate surface area is 104 Å². The van der Waals surface area contributed by atoms with Gasteiger partial charge in [-0.15, -0.1) is 0 Å². The van der Waals surface area contributed by atoms with Crippen molar-refractivity contribution in [3.63, 3.8) is 0 Å². The van der Waals surface area contributed by atoms with Crippen molar-refractivity contribution in [2.24, 2.45) is 5.73 Å². The van der Waals surface area contributed by atoms with E-state index in [9.17, 15) is 9.59 Å². The standard InChI is InChI=1S/C13H13NO4/c1-13(2)9(7-15)5-8-3-4-10(17-12(14)16)6-11(8)18-13/h3-7H,1-2H3,(H2,14,16). The minimum absolute atomic E-state index is 0.306. The molecule has 0 radical (unpaired) electrons. The molecule has 1 aromatic carbocycles. The van der Waals surface area contributed by atoms with Crippen LogP contribution in [-0.4, -0.2) is 18.0 Å². The van der Waals surface area contributed by atoms with Gasteiger partial charge in [0.1, 0.15) is 23.4 Å². The summed E-state index contributed by atoms with van der Waals surface area (Å²) in [4.78, 5) is 21.6. The molecule has 0 fully saturated rings. The van der Waals surface area contributed by atoms with Crippen molar-refractivity contribution in [2.45, 2.75) is 19.4 Å². The summed E-state index contributed by atoms with van der Waals surface area (Å²) >= 11 is 0. The number of fused-ring (bicyclic) bond motifs is 1. The number of primary amides is 1. The largest absolute Gasteiger partial charge is 0.482 e. The summed E-state index contributed by atoms with van der Waals surface area (Å²) in [6.07, 6.45) is 1.64. The van der Waals surface area contributed by atoms with E-state index in [0.717, 1.165) is 11.8 Å². The maximum atomic E-state index is 11.0. The lowest BCUT2D eigenvalue weighted by Crippen LogP contribution is -2.33. The second-order valence-electron chi connectivity index (χ2n) is 4.45. The molecule has 2 N–H and O–H groups in total. The molecular weight excluding hydrogens is 234 g/mol. The number of amides is 1. The second kappa shape index (κ2) is 4.18. The molecule has 5 nitrogen and oxygen atoms in total. The van der Waals surface area contributed by atoms with E-state index < -0.39 is 11.7 Å². The van der Waals surface area contributed by atoms with Crippen LogP contribution in [0.3, 0.4) is 0 Å². The number of carbonyl (C=O) groups is 2. The highest BCUT2D eigenvalue weighted by molar-refractivity contribution is 5.87. The Balaban J connectivity index is 2.42. The zero-order valence-corrected chi connectivity index (χ0v) is 10.1. The number of benzene rings is 1. The summed E-state index contributed by atoms with van der Waals surface area (Å²) in [5.41, 5.74) is 5.54. The number of aldehydes is 1. The topological polar surface area (TPSA) is 78.6 Å². The molecular formula is C13H13NO4. The van der Waals surface area contributed by atoms with Gasteiger partial charge in [0.05, 0.1) is 0 Å². The first kappa shape index (κ1) is 12.2. The molecule has 18 heavy (non-hydrogen) atoms. The fraction of sp³-hybridized carbons (Fsp3) is 0.231. The van der Waals surface area contributed by atoms with E-state index in [1.54, 1.807) is 38.1 Å². The maximum absolute atomic E-state index is 11.0. The Morgan fingerprint density at radius 2 is 2.17 bits per heavy atom. The number of hydrogen-bond acceptors (Lipinski definition) is 4. The highest BCUT2D eigenvalue weighted by Crippen LogP contribution is 2.36. The molecule has 1 heterocycles. The fourth-order valence-corrected chi connectivity index (χ4v) is 1.75. The summed E-state index contributed by atoms with van der Waals surface area (Å²) in [6, 6.07) is 4.86. The van der Waals surface area contributed by atoms with Crippen molar-refractivity contribution in [3.05, 3.63) is 29.3 Å². The Bertz CT molecular complexity index is 546. The van der Waals surface area contributed by atoms with Crippen LogP contribution in [0.1, 0.15) is 19.4 Å². The van der Waals surface area contributed by atoms with Gasteiger partial charge >= 0.3 is 6.09 Å². The number of hydrogen-bond donors (Lipinski definition) is 1. The highest BCUT2D eigenvalue weighted by atomic mass is 16.5. The van der Waals surface area contributed by atoms with Gasteiger partial charge in [-0.2, -0.15) is 0 Å². The van der Waals surface area contributed by atoms with Gasteiger partial charge < -0.3 is 15.2 Å². The number of rotatable bonds is 2. The molecule has 1 aliphatic heterocycles. The maximum Gasteiger partial charge on any atom is 0.409 e. The summed E-state index contributed by atoms with van der Waals surface area (Å²) in [5.74, 6) is 0.851.